The summed E-state index contributed by atoms with van der Waals surface area (Å²) in [4.78, 5) is 10.7. The molecule has 0 unspecified atom stereocenters. The van der Waals surface area contributed by atoms with E-state index in [1.807, 2.05) is 0 Å². The van der Waals surface area contributed by atoms with Crippen molar-refractivity contribution < 1.29 is 0 Å². The van der Waals surface area contributed by atoms with Gasteiger partial charge in [-0.2, -0.15) is 9.97 Å². The van der Waals surface area contributed by atoms with E-state index in [1.54, 1.807) is 6.92 Å². The summed E-state index contributed by atoms with van der Waals surface area (Å²) in [7, 11) is 0. The molecule has 4 nitrogen and oxygen atoms in total. The maximum absolute atomic E-state index is 6.93. The molecular formula is C4H4ClN4. The largest absolute Gasteiger partial charge is 0.265 e. The smallest absolute Gasteiger partial charge is 0.246 e. The Balaban J connectivity index is 3.17. The first-order valence-electron chi connectivity index (χ1n) is 2.28. The average Bonchev–Trinajstić information content (AvgIpc) is 1.59. The summed E-state index contributed by atoms with van der Waals surface area (Å²) in [5.41, 5.74) is 6.93. The molecule has 5 heteroatoms. The van der Waals surface area contributed by atoms with Crippen LogP contribution in [0.1, 0.15) is 5.82 Å². The van der Waals surface area contributed by atoms with Crippen LogP contribution in [0.4, 0.5) is 5.95 Å². The number of aromatic nitrogens is 3. The molecular weight excluding hydrogens is 140 g/mol. The van der Waals surface area contributed by atoms with E-state index < -0.39 is 0 Å². The molecule has 47 valence electrons. The SMILES string of the molecule is Cc1nc([NH])nc(Cl)n1. The Morgan fingerprint density at radius 2 is 2.00 bits per heavy atom. The molecule has 0 aliphatic carbocycles. The summed E-state index contributed by atoms with van der Waals surface area (Å²) in [6.07, 6.45) is 0. The topological polar surface area (TPSA) is 62.5 Å². The number of halogens is 1. The molecule has 9 heavy (non-hydrogen) atoms. The van der Waals surface area contributed by atoms with Crippen LogP contribution in [0.15, 0.2) is 0 Å². The quantitative estimate of drug-likeness (QED) is 0.538. The van der Waals surface area contributed by atoms with Crippen LogP contribution in [-0.4, -0.2) is 15.0 Å². The zero-order chi connectivity index (χ0) is 6.85. The lowest BCUT2D eigenvalue weighted by Crippen LogP contribution is -1.92. The van der Waals surface area contributed by atoms with Gasteiger partial charge in [0.2, 0.25) is 11.2 Å². The Bertz CT molecular complexity index is 173. The van der Waals surface area contributed by atoms with Gasteiger partial charge in [0.05, 0.1) is 0 Å². The van der Waals surface area contributed by atoms with Gasteiger partial charge in [-0.15, -0.1) is 0 Å². The molecule has 1 aromatic heterocycles. The van der Waals surface area contributed by atoms with Gasteiger partial charge >= 0.3 is 0 Å². The lowest BCUT2D eigenvalue weighted by atomic mass is 10.7. The summed E-state index contributed by atoms with van der Waals surface area (Å²) in [6, 6.07) is 0. The molecule has 0 aromatic carbocycles. The van der Waals surface area contributed by atoms with E-state index >= 15 is 0 Å². The standard InChI is InChI=1S/C4H4ClN4/c1-2-7-3(5)9-4(6)8-2/h6H,1H3. The van der Waals surface area contributed by atoms with Crippen molar-refractivity contribution in [2.45, 2.75) is 6.92 Å². The first-order chi connectivity index (χ1) is 4.18. The summed E-state index contributed by atoms with van der Waals surface area (Å²) in [6.45, 7) is 1.66. The van der Waals surface area contributed by atoms with Gasteiger partial charge in [0.15, 0.2) is 0 Å². The summed E-state index contributed by atoms with van der Waals surface area (Å²) in [5, 5.41) is 0.0764. The van der Waals surface area contributed by atoms with Crippen molar-refractivity contribution in [1.82, 2.24) is 20.7 Å². The fraction of sp³-hybridized carbons (Fsp3) is 0.250. The second-order valence-electron chi connectivity index (χ2n) is 1.48. The van der Waals surface area contributed by atoms with Crippen LogP contribution < -0.4 is 5.73 Å². The van der Waals surface area contributed by atoms with Gasteiger partial charge in [-0.25, -0.2) is 4.98 Å². The molecule has 0 atom stereocenters. The number of rotatable bonds is 0. The number of hydrogen-bond acceptors (Lipinski definition) is 3. The van der Waals surface area contributed by atoms with Crippen molar-refractivity contribution in [2.24, 2.45) is 0 Å². The lowest BCUT2D eigenvalue weighted by molar-refractivity contribution is 0.962. The Morgan fingerprint density at radius 3 is 2.44 bits per heavy atom. The predicted molar refractivity (Wildman–Crippen MR) is 32.3 cm³/mol. The van der Waals surface area contributed by atoms with Gasteiger partial charge in [0, 0.05) is 0 Å². The molecule has 1 N–H and O–H groups in total. The minimum atomic E-state index is -0.0903. The third-order valence-corrected chi connectivity index (χ3v) is 0.889. The van der Waals surface area contributed by atoms with E-state index in [0.29, 0.717) is 5.82 Å². The zero-order valence-electron chi connectivity index (χ0n) is 4.72. The van der Waals surface area contributed by atoms with E-state index in [9.17, 15) is 0 Å². The molecule has 1 heterocycles. The van der Waals surface area contributed by atoms with Crippen LogP contribution in [0, 0.1) is 6.92 Å². The van der Waals surface area contributed by atoms with E-state index in [1.165, 1.54) is 0 Å². The van der Waals surface area contributed by atoms with Gasteiger partial charge < -0.3 is 0 Å². The highest BCUT2D eigenvalue weighted by atomic mass is 35.5. The van der Waals surface area contributed by atoms with Gasteiger partial charge in [-0.3, -0.25) is 5.73 Å². The van der Waals surface area contributed by atoms with E-state index in [2.05, 4.69) is 15.0 Å². The zero-order valence-corrected chi connectivity index (χ0v) is 5.48. The molecule has 0 amide bonds. The van der Waals surface area contributed by atoms with Crippen molar-refractivity contribution in [3.63, 3.8) is 0 Å². The van der Waals surface area contributed by atoms with Gasteiger partial charge in [-0.05, 0) is 18.5 Å². The maximum Gasteiger partial charge on any atom is 0.246 e. The summed E-state index contributed by atoms with van der Waals surface area (Å²) < 4.78 is 0. The van der Waals surface area contributed by atoms with Crippen LogP contribution >= 0.6 is 11.6 Å². The minimum Gasteiger partial charge on any atom is -0.265 e. The van der Waals surface area contributed by atoms with Crippen molar-refractivity contribution in [1.29, 1.82) is 0 Å². The highest BCUT2D eigenvalue weighted by molar-refractivity contribution is 6.28. The summed E-state index contributed by atoms with van der Waals surface area (Å²) in [5.74, 6) is 0.382. The van der Waals surface area contributed by atoms with E-state index in [4.69, 9.17) is 17.3 Å². The van der Waals surface area contributed by atoms with Crippen molar-refractivity contribution in [3.05, 3.63) is 11.1 Å². The monoisotopic (exact) mass is 143 g/mol. The third kappa shape index (κ3) is 1.50. The Hall–Kier alpha value is -0.900. The first kappa shape index (κ1) is 6.22. The Morgan fingerprint density at radius 1 is 1.33 bits per heavy atom. The molecule has 1 rings (SSSR count). The van der Waals surface area contributed by atoms with Crippen LogP contribution in [0.25, 0.3) is 0 Å². The molecule has 0 bridgehead atoms. The molecule has 0 fully saturated rings. The predicted octanol–water partition coefficient (Wildman–Crippen LogP) is 0.748. The molecule has 1 aromatic rings. The normalized spacial score (nSPS) is 9.56. The van der Waals surface area contributed by atoms with Gasteiger partial charge in [0.25, 0.3) is 0 Å². The van der Waals surface area contributed by atoms with Crippen LogP contribution in [0.5, 0.6) is 0 Å². The highest BCUT2D eigenvalue weighted by Gasteiger charge is 1.95. The lowest BCUT2D eigenvalue weighted by Gasteiger charge is -1.91. The molecule has 0 spiro atoms. The second kappa shape index (κ2) is 2.14. The van der Waals surface area contributed by atoms with E-state index in [-0.39, 0.29) is 11.2 Å². The Kier molecular flexibility index (Phi) is 1.48. The number of aryl methyl sites for hydroxylation is 1. The van der Waals surface area contributed by atoms with E-state index in [0.717, 1.165) is 0 Å². The molecule has 1 radical (unpaired) electrons. The highest BCUT2D eigenvalue weighted by Crippen LogP contribution is 2.01. The second-order valence-corrected chi connectivity index (χ2v) is 1.81. The van der Waals surface area contributed by atoms with Gasteiger partial charge in [0.1, 0.15) is 5.82 Å². The molecule has 0 aliphatic heterocycles. The Labute approximate surface area is 57.1 Å². The number of nitrogens with one attached hydrogen (secondary N) is 1. The van der Waals surface area contributed by atoms with Crippen LogP contribution in [0.2, 0.25) is 5.28 Å². The third-order valence-electron chi connectivity index (χ3n) is 0.720. The van der Waals surface area contributed by atoms with Crippen molar-refractivity contribution in [3.8, 4) is 0 Å². The fourth-order valence-corrected chi connectivity index (χ4v) is 0.652. The van der Waals surface area contributed by atoms with Gasteiger partial charge in [-0.1, -0.05) is 0 Å². The first-order valence-corrected chi connectivity index (χ1v) is 2.66. The van der Waals surface area contributed by atoms with Crippen LogP contribution in [-0.2, 0) is 0 Å². The summed E-state index contributed by atoms with van der Waals surface area (Å²) >= 11 is 5.37. The molecule has 0 aliphatic rings. The van der Waals surface area contributed by atoms with Crippen molar-refractivity contribution >= 4 is 17.5 Å². The fourth-order valence-electron chi connectivity index (χ4n) is 0.449. The number of hydrogen-bond donors (Lipinski definition) is 0. The molecule has 0 saturated heterocycles. The maximum atomic E-state index is 6.93. The minimum absolute atomic E-state index is 0.0764. The van der Waals surface area contributed by atoms with Crippen molar-refractivity contribution in [2.75, 3.05) is 0 Å². The van der Waals surface area contributed by atoms with Crippen LogP contribution in [0.3, 0.4) is 0 Å². The molecule has 0 saturated carbocycles. The number of nitrogens with zero attached hydrogens (tertiary/aromatic N) is 3. The average molecular weight is 144 g/mol.